The Hall–Kier alpha value is -1.59. The van der Waals surface area contributed by atoms with E-state index in [2.05, 4.69) is 19.2 Å². The van der Waals surface area contributed by atoms with Crippen molar-refractivity contribution in [3.05, 3.63) is 0 Å². The molecule has 0 unspecified atom stereocenters. The summed E-state index contributed by atoms with van der Waals surface area (Å²) in [6, 6.07) is -1.22. The van der Waals surface area contributed by atoms with Crippen molar-refractivity contribution in [2.45, 2.75) is 174 Å². The summed E-state index contributed by atoms with van der Waals surface area (Å²) < 4.78 is 5.21. The molecular weight excluding hydrogens is 466 g/mol. The van der Waals surface area contributed by atoms with Crippen LogP contribution in [0.15, 0.2) is 0 Å². The van der Waals surface area contributed by atoms with Crippen LogP contribution in [-0.4, -0.2) is 35.6 Å². The smallest absolute Gasteiger partial charge is 0.326 e. The number of hydrogen-bond donors (Lipinski definition) is 2. The van der Waals surface area contributed by atoms with Crippen LogP contribution >= 0.6 is 0 Å². The molecule has 0 saturated carbocycles. The zero-order valence-corrected chi connectivity index (χ0v) is 24.3. The molecule has 0 radical (unpaired) electrons. The van der Waals surface area contributed by atoms with Gasteiger partial charge >= 0.3 is 11.9 Å². The van der Waals surface area contributed by atoms with Crippen LogP contribution in [0.1, 0.15) is 168 Å². The highest BCUT2D eigenvalue weighted by Gasteiger charge is 2.23. The van der Waals surface area contributed by atoms with Crippen LogP contribution in [0, 0.1) is 0 Å². The summed E-state index contributed by atoms with van der Waals surface area (Å²) in [5.41, 5.74) is 0. The van der Waals surface area contributed by atoms with Crippen molar-refractivity contribution >= 4 is 17.8 Å². The maximum absolute atomic E-state index is 12.1. The van der Waals surface area contributed by atoms with Crippen LogP contribution in [0.5, 0.6) is 0 Å². The number of amides is 1. The number of hydrogen-bond acceptors (Lipinski definition) is 4. The van der Waals surface area contributed by atoms with E-state index < -0.39 is 18.0 Å². The Bertz CT molecular complexity index is 552. The molecule has 0 aliphatic heterocycles. The predicted octanol–water partition coefficient (Wildman–Crippen LogP) is 8.50. The fourth-order valence-electron chi connectivity index (χ4n) is 4.59. The lowest BCUT2D eigenvalue weighted by atomic mass is 10.1. The summed E-state index contributed by atoms with van der Waals surface area (Å²) in [4.78, 5) is 35.7. The lowest BCUT2D eigenvalue weighted by Gasteiger charge is -2.14. The molecule has 37 heavy (non-hydrogen) atoms. The topological polar surface area (TPSA) is 92.7 Å². The molecule has 0 aliphatic carbocycles. The van der Waals surface area contributed by atoms with E-state index in [1.54, 1.807) is 0 Å². The van der Waals surface area contributed by atoms with Gasteiger partial charge in [0, 0.05) is 6.42 Å². The molecule has 0 aromatic rings. The van der Waals surface area contributed by atoms with Crippen molar-refractivity contribution in [2.24, 2.45) is 0 Å². The van der Waals surface area contributed by atoms with Crippen LogP contribution in [-0.2, 0) is 19.1 Å². The maximum Gasteiger partial charge on any atom is 0.326 e. The molecule has 0 aliphatic rings. The van der Waals surface area contributed by atoms with Gasteiger partial charge in [0.2, 0.25) is 5.91 Å². The molecule has 0 fully saturated rings. The number of aliphatic carboxylic acids is 1. The Morgan fingerprint density at radius 1 is 0.595 bits per heavy atom. The van der Waals surface area contributed by atoms with Gasteiger partial charge < -0.3 is 15.2 Å². The summed E-state index contributed by atoms with van der Waals surface area (Å²) in [5.74, 6) is -2.06. The van der Waals surface area contributed by atoms with Gasteiger partial charge in [-0.15, -0.1) is 0 Å². The van der Waals surface area contributed by atoms with Gasteiger partial charge in [0.25, 0.3) is 0 Å². The Morgan fingerprint density at radius 2 is 0.973 bits per heavy atom. The lowest BCUT2D eigenvalue weighted by molar-refractivity contribution is -0.150. The number of carbonyl (C=O) groups excluding carboxylic acids is 2. The number of rotatable bonds is 28. The molecule has 1 atom stereocenters. The Labute approximate surface area is 228 Å². The van der Waals surface area contributed by atoms with E-state index in [0.717, 1.165) is 38.5 Å². The van der Waals surface area contributed by atoms with Gasteiger partial charge in [0.1, 0.15) is 6.04 Å². The first-order valence-corrected chi connectivity index (χ1v) is 15.7. The van der Waals surface area contributed by atoms with Gasteiger partial charge in [-0.25, -0.2) is 4.79 Å². The Morgan fingerprint density at radius 3 is 1.38 bits per heavy atom. The van der Waals surface area contributed by atoms with Gasteiger partial charge in [-0.1, -0.05) is 142 Å². The van der Waals surface area contributed by atoms with Gasteiger partial charge in [0.15, 0.2) is 0 Å². The van der Waals surface area contributed by atoms with E-state index in [9.17, 15) is 19.5 Å². The van der Waals surface area contributed by atoms with E-state index in [-0.39, 0.29) is 12.3 Å². The fourth-order valence-corrected chi connectivity index (χ4v) is 4.59. The third-order valence-corrected chi connectivity index (χ3v) is 7.02. The number of carboxylic acids is 1. The van der Waals surface area contributed by atoms with Crippen molar-refractivity contribution < 1.29 is 24.2 Å². The largest absolute Gasteiger partial charge is 0.480 e. The van der Waals surface area contributed by atoms with Gasteiger partial charge in [0.05, 0.1) is 13.0 Å². The molecule has 0 aromatic carbocycles. The molecule has 0 rings (SSSR count). The molecule has 6 nitrogen and oxygen atoms in total. The van der Waals surface area contributed by atoms with Crippen molar-refractivity contribution in [1.82, 2.24) is 5.32 Å². The third kappa shape index (κ3) is 25.8. The zero-order chi connectivity index (χ0) is 27.4. The summed E-state index contributed by atoms with van der Waals surface area (Å²) in [7, 11) is 0. The van der Waals surface area contributed by atoms with Crippen LogP contribution in [0.25, 0.3) is 0 Å². The van der Waals surface area contributed by atoms with Gasteiger partial charge in [-0.2, -0.15) is 0 Å². The molecular formula is C31H59NO5. The van der Waals surface area contributed by atoms with Crippen LogP contribution in [0.3, 0.4) is 0 Å². The highest BCUT2D eigenvalue weighted by molar-refractivity contribution is 5.87. The molecule has 0 aromatic heterocycles. The number of nitrogens with one attached hydrogen (secondary N) is 1. The number of unbranched alkanes of at least 4 members (excludes halogenated alkanes) is 20. The summed E-state index contributed by atoms with van der Waals surface area (Å²) in [6.45, 7) is 4.78. The minimum atomic E-state index is -1.22. The fraction of sp³-hybridized carbons (Fsp3) is 0.903. The molecule has 2 N–H and O–H groups in total. The number of ether oxygens (including phenoxy) is 1. The molecule has 0 heterocycles. The third-order valence-electron chi connectivity index (χ3n) is 7.02. The van der Waals surface area contributed by atoms with Gasteiger partial charge in [-0.3, -0.25) is 9.59 Å². The van der Waals surface area contributed by atoms with Crippen LogP contribution in [0.2, 0.25) is 0 Å². The zero-order valence-electron chi connectivity index (χ0n) is 24.3. The van der Waals surface area contributed by atoms with Crippen molar-refractivity contribution in [3.63, 3.8) is 0 Å². The molecule has 0 saturated heterocycles. The average molecular weight is 526 g/mol. The van der Waals surface area contributed by atoms with Crippen molar-refractivity contribution in [3.8, 4) is 0 Å². The Balaban J connectivity index is 3.72. The van der Waals surface area contributed by atoms with E-state index in [1.165, 1.54) is 103 Å². The predicted molar refractivity (Wildman–Crippen MR) is 153 cm³/mol. The minimum Gasteiger partial charge on any atom is -0.480 e. The quantitative estimate of drug-likeness (QED) is 0.0789. The minimum absolute atomic E-state index is 0.300. The van der Waals surface area contributed by atoms with Crippen molar-refractivity contribution in [1.29, 1.82) is 0 Å². The number of carbonyl (C=O) groups is 3. The molecule has 0 spiro atoms. The standard InChI is InChI=1S/C31H59NO5/c1-3-5-7-9-11-13-15-17-19-21-23-25-29(33)32-28(31(35)36)27-30(34)37-26-24-22-20-18-16-14-12-10-8-6-4-2/h28H,3-27H2,1-2H3,(H,32,33)(H,35,36)/t28-/m0/s1. The molecule has 6 heteroatoms. The molecule has 0 bridgehead atoms. The van der Waals surface area contributed by atoms with E-state index in [1.807, 2.05) is 0 Å². The van der Waals surface area contributed by atoms with Crippen LogP contribution in [0.4, 0.5) is 0 Å². The first-order valence-electron chi connectivity index (χ1n) is 15.7. The Kier molecular flexibility index (Phi) is 26.3. The van der Waals surface area contributed by atoms with Crippen LogP contribution < -0.4 is 5.32 Å². The van der Waals surface area contributed by atoms with E-state index in [4.69, 9.17) is 4.74 Å². The summed E-state index contributed by atoms with van der Waals surface area (Å²) in [6.07, 6.45) is 26.6. The normalized spacial score (nSPS) is 11.8. The second kappa shape index (κ2) is 27.4. The van der Waals surface area contributed by atoms with Gasteiger partial charge in [-0.05, 0) is 12.8 Å². The maximum atomic E-state index is 12.1. The van der Waals surface area contributed by atoms with Crippen molar-refractivity contribution in [2.75, 3.05) is 6.61 Å². The second-order valence-corrected chi connectivity index (χ2v) is 10.7. The molecule has 218 valence electrons. The second-order valence-electron chi connectivity index (χ2n) is 10.7. The first kappa shape index (κ1) is 35.4. The summed E-state index contributed by atoms with van der Waals surface area (Å²) >= 11 is 0. The van der Waals surface area contributed by atoms with E-state index in [0.29, 0.717) is 13.0 Å². The highest BCUT2D eigenvalue weighted by atomic mass is 16.5. The average Bonchev–Trinajstić information content (AvgIpc) is 2.87. The monoisotopic (exact) mass is 525 g/mol. The highest BCUT2D eigenvalue weighted by Crippen LogP contribution is 2.13. The summed E-state index contributed by atoms with van der Waals surface area (Å²) in [5, 5.41) is 11.9. The molecule has 1 amide bonds. The number of esters is 1. The SMILES string of the molecule is CCCCCCCCCCCCCOC(=O)C[C@H](NC(=O)CCCCCCCCCCCCC)C(=O)O. The van der Waals surface area contributed by atoms with E-state index >= 15 is 0 Å². The first-order chi connectivity index (χ1) is 18.0. The lowest BCUT2D eigenvalue weighted by Crippen LogP contribution is -2.42. The number of carboxylic acid groups (broad SMARTS) is 1.